The molecule has 1 aliphatic carbocycles. The van der Waals surface area contributed by atoms with Gasteiger partial charge in [-0.05, 0) is 116 Å². The third kappa shape index (κ3) is 14.9. The second-order valence-electron chi connectivity index (χ2n) is 19.2. The van der Waals surface area contributed by atoms with Gasteiger partial charge in [-0.3, -0.25) is 19.2 Å². The molecule has 392 valence electrons. The summed E-state index contributed by atoms with van der Waals surface area (Å²) in [4.78, 5) is 30.8. The Morgan fingerprint density at radius 2 is 1.51 bits per heavy atom. The molecule has 2 aliphatic heterocycles. The van der Waals surface area contributed by atoms with Gasteiger partial charge in [-0.25, -0.2) is 21.6 Å². The molecule has 3 aliphatic rings. The van der Waals surface area contributed by atoms with E-state index in [0.717, 1.165) is 74.7 Å². The van der Waals surface area contributed by atoms with Gasteiger partial charge in [0.1, 0.15) is 11.2 Å². The van der Waals surface area contributed by atoms with Gasteiger partial charge in [0, 0.05) is 98.4 Å². The second-order valence-corrected chi connectivity index (χ2v) is 26.1. The first-order chi connectivity index (χ1) is 34.0. The van der Waals surface area contributed by atoms with Crippen LogP contribution in [0.3, 0.4) is 0 Å². The van der Waals surface area contributed by atoms with Gasteiger partial charge in [-0.15, -0.1) is 11.8 Å². The summed E-state index contributed by atoms with van der Waals surface area (Å²) in [6, 6.07) is 25.4. The van der Waals surface area contributed by atoms with Crippen molar-refractivity contribution >= 4 is 73.7 Å². The number of anilines is 2. The first-order valence-electron chi connectivity index (χ1n) is 23.9. The molecule has 0 bridgehead atoms. The predicted molar refractivity (Wildman–Crippen MR) is 279 cm³/mol. The van der Waals surface area contributed by atoms with E-state index in [0.29, 0.717) is 56.0 Å². The molecule has 2 heterocycles. The summed E-state index contributed by atoms with van der Waals surface area (Å²) in [5.41, 5.74) is -1.20. The molecule has 22 heteroatoms. The smallest absolute Gasteiger partial charge is 0.380 e. The fourth-order valence-corrected chi connectivity index (χ4v) is 13.7. The minimum Gasteiger partial charge on any atom is -0.380 e. The zero-order chi connectivity index (χ0) is 51.9. The molecule has 0 radical (unpaired) electrons. The summed E-state index contributed by atoms with van der Waals surface area (Å²) >= 11 is 7.60. The van der Waals surface area contributed by atoms with Crippen LogP contribution in [0, 0.1) is 5.41 Å². The number of carbonyl (C=O) groups excluding carboxylic acids is 1. The second kappa shape index (κ2) is 23.7. The van der Waals surface area contributed by atoms with Gasteiger partial charge in [0.15, 0.2) is 0 Å². The topological polar surface area (TPSA) is 169 Å². The summed E-state index contributed by atoms with van der Waals surface area (Å²) in [6.45, 7) is 12.7. The Morgan fingerprint density at radius 3 is 2.15 bits per heavy atom. The normalized spacial score (nSPS) is 18.9. The molecule has 4 aromatic rings. The highest BCUT2D eigenvalue weighted by Crippen LogP contribution is 2.44. The van der Waals surface area contributed by atoms with Crippen LogP contribution < -0.4 is 14.9 Å². The lowest BCUT2D eigenvalue weighted by Crippen LogP contribution is -2.47. The number of carbonyl (C=O) groups is 1. The lowest BCUT2D eigenvalue weighted by Gasteiger charge is -2.39. The van der Waals surface area contributed by atoms with Gasteiger partial charge in [-0.2, -0.15) is 13.2 Å². The Bertz CT molecular complexity index is 2810. The fourth-order valence-electron chi connectivity index (χ4n) is 9.32. The monoisotopic (exact) mass is 1090 g/mol. The summed E-state index contributed by atoms with van der Waals surface area (Å²) in [6.07, 6.45) is 3.35. The largest absolute Gasteiger partial charge is 0.501 e. The Balaban J connectivity index is 1.01. The average Bonchev–Trinajstić information content (AvgIpc) is 3.33. The summed E-state index contributed by atoms with van der Waals surface area (Å²) in [5, 5.41) is 3.69. The first kappa shape index (κ1) is 55.8. The van der Waals surface area contributed by atoms with Gasteiger partial charge in [0.2, 0.25) is 0 Å². The summed E-state index contributed by atoms with van der Waals surface area (Å²) in [7, 11) is -14.8. The highest BCUT2D eigenvalue weighted by molar-refractivity contribution is 7.99. The van der Waals surface area contributed by atoms with Gasteiger partial charge in [0.05, 0.1) is 17.2 Å². The molecule has 2 fully saturated rings. The van der Waals surface area contributed by atoms with Crippen molar-refractivity contribution in [1.82, 2.24) is 19.4 Å². The van der Waals surface area contributed by atoms with E-state index in [4.69, 9.17) is 16.1 Å². The third-order valence-corrected chi connectivity index (χ3v) is 19.0. The first-order valence-corrected chi connectivity index (χ1v) is 30.0. The minimum absolute atomic E-state index is 0.0250. The van der Waals surface area contributed by atoms with Crippen molar-refractivity contribution in [3.63, 3.8) is 0 Å². The SMILES string of the molecule is CCOP(=O)(O)CN1CCN(CC[C@H](CSc2ccccc2)Nc2ccc(S(=O)(=O)NC(=O)c3ccc(N4CCN(CC5=C(c6ccc(Cl)cc6)CCC(C)(C)C5)CC4)cc3)cc2S(=O)(=O)C(F)(F)F)CC1. The summed E-state index contributed by atoms with van der Waals surface area (Å²) < 4.78 is 116. The van der Waals surface area contributed by atoms with E-state index >= 15 is 0 Å². The van der Waals surface area contributed by atoms with E-state index in [-0.39, 0.29) is 23.9 Å². The molecule has 2 atom stereocenters. The number of amides is 1. The molecule has 72 heavy (non-hydrogen) atoms. The van der Waals surface area contributed by atoms with E-state index in [1.807, 2.05) is 52.1 Å². The van der Waals surface area contributed by atoms with Gasteiger partial charge < -0.3 is 24.5 Å². The molecular weight excluding hydrogens is 1030 g/mol. The number of hydrogen-bond acceptors (Lipinski definition) is 13. The number of halogens is 4. The van der Waals surface area contributed by atoms with E-state index < -0.39 is 60.4 Å². The molecule has 14 nitrogen and oxygen atoms in total. The van der Waals surface area contributed by atoms with Crippen LogP contribution in [0.5, 0.6) is 0 Å². The molecule has 0 saturated carbocycles. The van der Waals surface area contributed by atoms with E-state index in [1.54, 1.807) is 19.1 Å². The maximum atomic E-state index is 14.3. The number of allylic oxidation sites excluding steroid dienone is 1. The lowest BCUT2D eigenvalue weighted by atomic mass is 9.73. The number of hydrogen-bond donors (Lipinski definition) is 3. The predicted octanol–water partition coefficient (Wildman–Crippen LogP) is 9.30. The molecule has 1 amide bonds. The van der Waals surface area contributed by atoms with E-state index in [2.05, 4.69) is 46.0 Å². The maximum absolute atomic E-state index is 14.3. The van der Waals surface area contributed by atoms with Crippen LogP contribution in [0.1, 0.15) is 62.4 Å². The molecule has 4 aromatic carbocycles. The van der Waals surface area contributed by atoms with Crippen LogP contribution in [0.25, 0.3) is 5.57 Å². The minimum atomic E-state index is -6.12. The van der Waals surface area contributed by atoms with Crippen molar-refractivity contribution in [2.24, 2.45) is 5.41 Å². The molecule has 2 saturated heterocycles. The lowest BCUT2D eigenvalue weighted by molar-refractivity contribution is -0.0436. The van der Waals surface area contributed by atoms with Crippen LogP contribution in [0.2, 0.25) is 5.02 Å². The molecular formula is C50H63ClF3N6O8PS3. The number of nitrogens with one attached hydrogen (secondary N) is 2. The maximum Gasteiger partial charge on any atom is 0.501 e. The highest BCUT2D eigenvalue weighted by atomic mass is 35.5. The zero-order valence-corrected chi connectivity index (χ0v) is 44.7. The molecule has 3 N–H and O–H groups in total. The summed E-state index contributed by atoms with van der Waals surface area (Å²) in [5.74, 6) is -0.751. The van der Waals surface area contributed by atoms with Gasteiger partial charge >= 0.3 is 13.1 Å². The molecule has 1 unspecified atom stereocenters. The number of sulfone groups is 1. The van der Waals surface area contributed by atoms with Crippen molar-refractivity contribution in [3.05, 3.63) is 119 Å². The van der Waals surface area contributed by atoms with Crippen LogP contribution in [-0.4, -0.2) is 138 Å². The van der Waals surface area contributed by atoms with Gasteiger partial charge in [-0.1, -0.05) is 61.4 Å². The van der Waals surface area contributed by atoms with E-state index in [1.165, 1.54) is 40.6 Å². The Kier molecular flexibility index (Phi) is 18.4. The van der Waals surface area contributed by atoms with Crippen molar-refractivity contribution in [2.75, 3.05) is 94.3 Å². The zero-order valence-electron chi connectivity index (χ0n) is 40.6. The third-order valence-electron chi connectivity index (χ3n) is 13.3. The standard InChI is InChI=1S/C50H63ClF3N6O8PS3/c1-4-68-69(62,63)36-59-26-24-57(25-27-59)23-21-41(35-70-43-8-6-5-7-9-43)55-46-19-18-44(32-47(46)71(64,65)50(52,53)54)72(66,67)56-48(61)38-12-16-42(17-13-38)60-30-28-58(29-31-60)34-39-33-49(2,3)22-20-45(39)37-10-14-40(51)15-11-37/h5-19,32,41,55H,4,20-31,33-36H2,1-3H3,(H,56,61)(H,62,63)/t41-/m1/s1. The van der Waals surface area contributed by atoms with E-state index in [9.17, 15) is 44.3 Å². The Hall–Kier alpha value is -3.95. The number of sulfonamides is 1. The molecule has 7 rings (SSSR count). The van der Waals surface area contributed by atoms with Crippen molar-refractivity contribution in [1.29, 1.82) is 0 Å². The molecule has 0 spiro atoms. The Morgan fingerprint density at radius 1 is 0.875 bits per heavy atom. The number of benzene rings is 4. The molecule has 0 aromatic heterocycles. The average molecular weight is 1100 g/mol. The van der Waals surface area contributed by atoms with Gasteiger partial charge in [0.25, 0.3) is 25.8 Å². The number of rotatable bonds is 20. The Labute approximate surface area is 430 Å². The van der Waals surface area contributed by atoms with Crippen LogP contribution in [-0.2, 0) is 28.9 Å². The van der Waals surface area contributed by atoms with Crippen molar-refractivity contribution < 1.29 is 48.8 Å². The van der Waals surface area contributed by atoms with Crippen molar-refractivity contribution in [2.45, 2.75) is 72.7 Å². The number of piperazine rings is 2. The van der Waals surface area contributed by atoms with Crippen LogP contribution >= 0.6 is 31.0 Å². The van der Waals surface area contributed by atoms with Crippen LogP contribution in [0.15, 0.2) is 117 Å². The highest BCUT2D eigenvalue weighted by Gasteiger charge is 2.48. The van der Waals surface area contributed by atoms with Crippen molar-refractivity contribution in [3.8, 4) is 0 Å². The number of nitrogens with zero attached hydrogens (tertiary/aromatic N) is 4. The van der Waals surface area contributed by atoms with Crippen LogP contribution in [0.4, 0.5) is 24.5 Å². The number of thioether (sulfide) groups is 1. The quantitative estimate of drug-likeness (QED) is 0.0566. The fraction of sp³-hybridized carbons (Fsp3) is 0.460. The number of alkyl halides is 3.